The summed E-state index contributed by atoms with van der Waals surface area (Å²) in [4.78, 5) is 0. The Morgan fingerprint density at radius 2 is 1.85 bits per heavy atom. The van der Waals surface area contributed by atoms with E-state index in [0.29, 0.717) is 6.04 Å². The van der Waals surface area contributed by atoms with E-state index < -0.39 is 0 Å². The largest absolute Gasteiger partial charge is 0.314 e. The minimum absolute atomic E-state index is 0.609. The topological polar surface area (TPSA) is 12.0 Å². The number of hydrogen-bond acceptors (Lipinski definition) is 1. The van der Waals surface area contributed by atoms with Crippen molar-refractivity contribution in [2.75, 3.05) is 12.4 Å². The van der Waals surface area contributed by atoms with Crippen molar-refractivity contribution in [2.45, 2.75) is 45.6 Å². The zero-order valence-electron chi connectivity index (χ0n) is 8.85. The minimum Gasteiger partial charge on any atom is -0.314 e. The highest BCUT2D eigenvalue weighted by Crippen LogP contribution is 2.30. The molecule has 0 saturated heterocycles. The van der Waals surface area contributed by atoms with Crippen molar-refractivity contribution >= 4 is 11.6 Å². The summed E-state index contributed by atoms with van der Waals surface area (Å²) in [5, 5.41) is 3.52. The van der Waals surface area contributed by atoms with Crippen LogP contribution in [-0.4, -0.2) is 18.5 Å². The van der Waals surface area contributed by atoms with E-state index in [1.54, 1.807) is 0 Å². The molecule has 1 nitrogen and oxygen atoms in total. The van der Waals surface area contributed by atoms with Gasteiger partial charge < -0.3 is 5.32 Å². The quantitative estimate of drug-likeness (QED) is 0.693. The van der Waals surface area contributed by atoms with Crippen LogP contribution in [0.15, 0.2) is 0 Å². The summed E-state index contributed by atoms with van der Waals surface area (Å²) in [5.41, 5.74) is 0. The van der Waals surface area contributed by atoms with E-state index >= 15 is 0 Å². The van der Waals surface area contributed by atoms with Crippen LogP contribution in [-0.2, 0) is 0 Å². The van der Waals surface area contributed by atoms with Crippen molar-refractivity contribution in [1.29, 1.82) is 0 Å². The molecule has 0 aliphatic heterocycles. The summed E-state index contributed by atoms with van der Waals surface area (Å²) in [6, 6.07) is 0.609. The molecule has 13 heavy (non-hydrogen) atoms. The zero-order valence-corrected chi connectivity index (χ0v) is 9.61. The van der Waals surface area contributed by atoms with Gasteiger partial charge >= 0.3 is 0 Å². The zero-order chi connectivity index (χ0) is 9.68. The van der Waals surface area contributed by atoms with E-state index in [2.05, 4.69) is 19.2 Å². The van der Waals surface area contributed by atoms with Gasteiger partial charge in [0.05, 0.1) is 0 Å². The van der Waals surface area contributed by atoms with Crippen LogP contribution >= 0.6 is 11.6 Å². The Kier molecular flexibility index (Phi) is 5.12. The fourth-order valence-electron chi connectivity index (χ4n) is 2.14. The summed E-state index contributed by atoms with van der Waals surface area (Å²) < 4.78 is 0. The molecular weight excluding hydrogens is 182 g/mol. The monoisotopic (exact) mass is 203 g/mol. The van der Waals surface area contributed by atoms with E-state index in [0.717, 1.165) is 24.3 Å². The van der Waals surface area contributed by atoms with Crippen molar-refractivity contribution in [2.24, 2.45) is 11.8 Å². The molecule has 1 saturated carbocycles. The van der Waals surface area contributed by atoms with Crippen LogP contribution in [0.4, 0.5) is 0 Å². The lowest BCUT2D eigenvalue weighted by Crippen LogP contribution is -2.34. The molecule has 2 atom stereocenters. The van der Waals surface area contributed by atoms with E-state index in [9.17, 15) is 0 Å². The minimum atomic E-state index is 0.609. The molecule has 2 heteroatoms. The van der Waals surface area contributed by atoms with Gasteiger partial charge in [-0.25, -0.2) is 0 Å². The molecule has 0 aromatic heterocycles. The van der Waals surface area contributed by atoms with Crippen LogP contribution < -0.4 is 5.32 Å². The maximum absolute atomic E-state index is 5.96. The van der Waals surface area contributed by atoms with Crippen LogP contribution in [0.1, 0.15) is 39.5 Å². The van der Waals surface area contributed by atoms with Gasteiger partial charge in [0.1, 0.15) is 0 Å². The summed E-state index contributed by atoms with van der Waals surface area (Å²) in [6.07, 6.45) is 5.50. The van der Waals surface area contributed by atoms with Crippen LogP contribution in [0.5, 0.6) is 0 Å². The Morgan fingerprint density at radius 1 is 1.23 bits per heavy atom. The standard InChI is InChI=1S/C11H22ClN/c1-9(2)13-8-11-6-4-3-5-10(11)7-12/h9-11,13H,3-8H2,1-2H3. The Bertz CT molecular complexity index is 136. The normalized spacial score (nSPS) is 29.5. The molecule has 0 spiro atoms. The van der Waals surface area contributed by atoms with Crippen molar-refractivity contribution in [3.05, 3.63) is 0 Å². The highest BCUT2D eigenvalue weighted by atomic mass is 35.5. The van der Waals surface area contributed by atoms with E-state index in [1.807, 2.05) is 0 Å². The summed E-state index contributed by atoms with van der Waals surface area (Å²) in [7, 11) is 0. The first-order chi connectivity index (χ1) is 6.24. The third-order valence-corrected chi connectivity index (χ3v) is 3.45. The van der Waals surface area contributed by atoms with Crippen LogP contribution in [0.3, 0.4) is 0 Å². The molecule has 1 N–H and O–H groups in total. The predicted molar refractivity (Wildman–Crippen MR) is 59.3 cm³/mol. The second-order valence-electron chi connectivity index (χ2n) is 4.52. The molecule has 1 fully saturated rings. The SMILES string of the molecule is CC(C)NCC1CCCCC1CCl. The summed E-state index contributed by atoms with van der Waals surface area (Å²) in [6.45, 7) is 5.58. The number of alkyl halides is 1. The molecule has 0 bridgehead atoms. The van der Waals surface area contributed by atoms with Gasteiger partial charge in [-0.3, -0.25) is 0 Å². The fourth-order valence-corrected chi connectivity index (χ4v) is 2.55. The number of rotatable bonds is 4. The van der Waals surface area contributed by atoms with Gasteiger partial charge in [0.15, 0.2) is 0 Å². The summed E-state index contributed by atoms with van der Waals surface area (Å²) >= 11 is 5.96. The number of hydrogen-bond donors (Lipinski definition) is 1. The van der Waals surface area contributed by atoms with Crippen LogP contribution in [0.25, 0.3) is 0 Å². The highest BCUT2D eigenvalue weighted by Gasteiger charge is 2.23. The molecular formula is C11H22ClN. The van der Waals surface area contributed by atoms with Crippen molar-refractivity contribution in [3.8, 4) is 0 Å². The van der Waals surface area contributed by atoms with Gasteiger partial charge in [-0.2, -0.15) is 0 Å². The second-order valence-corrected chi connectivity index (χ2v) is 4.83. The van der Waals surface area contributed by atoms with Crippen molar-refractivity contribution in [3.63, 3.8) is 0 Å². The van der Waals surface area contributed by atoms with Gasteiger partial charge in [0.25, 0.3) is 0 Å². The van der Waals surface area contributed by atoms with Gasteiger partial charge in [-0.05, 0) is 31.2 Å². The number of halogens is 1. The molecule has 0 aromatic rings. The second kappa shape index (κ2) is 5.87. The highest BCUT2D eigenvalue weighted by molar-refractivity contribution is 6.18. The Labute approximate surface area is 87.2 Å². The summed E-state index contributed by atoms with van der Waals surface area (Å²) in [5.74, 6) is 2.44. The third-order valence-electron chi connectivity index (χ3n) is 3.05. The molecule has 1 aliphatic rings. The molecule has 0 radical (unpaired) electrons. The average Bonchev–Trinajstić information content (AvgIpc) is 2.15. The lowest BCUT2D eigenvalue weighted by atomic mass is 9.80. The molecule has 1 rings (SSSR count). The lowest BCUT2D eigenvalue weighted by molar-refractivity contribution is 0.246. The Hall–Kier alpha value is 0.250. The molecule has 2 unspecified atom stereocenters. The maximum atomic E-state index is 5.96. The predicted octanol–water partition coefficient (Wildman–Crippen LogP) is 3.03. The first-order valence-corrected chi connectivity index (χ1v) is 6.07. The van der Waals surface area contributed by atoms with E-state index in [-0.39, 0.29) is 0 Å². The van der Waals surface area contributed by atoms with Crippen molar-refractivity contribution in [1.82, 2.24) is 5.32 Å². The molecule has 78 valence electrons. The van der Waals surface area contributed by atoms with E-state index in [1.165, 1.54) is 25.7 Å². The fraction of sp³-hybridized carbons (Fsp3) is 1.00. The third kappa shape index (κ3) is 3.86. The van der Waals surface area contributed by atoms with Gasteiger partial charge in [-0.1, -0.05) is 26.7 Å². The first kappa shape index (κ1) is 11.3. The van der Waals surface area contributed by atoms with E-state index in [4.69, 9.17) is 11.6 Å². The molecule has 0 aromatic carbocycles. The first-order valence-electron chi connectivity index (χ1n) is 5.53. The molecule has 0 amide bonds. The molecule has 0 heterocycles. The van der Waals surface area contributed by atoms with Gasteiger partial charge in [-0.15, -0.1) is 11.6 Å². The van der Waals surface area contributed by atoms with Gasteiger partial charge in [0, 0.05) is 11.9 Å². The lowest BCUT2D eigenvalue weighted by Gasteiger charge is -2.30. The average molecular weight is 204 g/mol. The van der Waals surface area contributed by atoms with Crippen molar-refractivity contribution < 1.29 is 0 Å². The maximum Gasteiger partial charge on any atom is 0.0254 e. The smallest absolute Gasteiger partial charge is 0.0254 e. The van der Waals surface area contributed by atoms with Crippen LogP contribution in [0.2, 0.25) is 0 Å². The van der Waals surface area contributed by atoms with Crippen LogP contribution in [0, 0.1) is 11.8 Å². The Morgan fingerprint density at radius 3 is 2.38 bits per heavy atom. The molecule has 1 aliphatic carbocycles. The Balaban J connectivity index is 2.27. The van der Waals surface area contributed by atoms with Gasteiger partial charge in [0.2, 0.25) is 0 Å². The number of nitrogens with one attached hydrogen (secondary N) is 1.